The van der Waals surface area contributed by atoms with Crippen molar-refractivity contribution in [1.29, 1.82) is 0 Å². The first-order chi connectivity index (χ1) is 14.8. The van der Waals surface area contributed by atoms with Gasteiger partial charge in [0.25, 0.3) is 0 Å². The van der Waals surface area contributed by atoms with Gasteiger partial charge in [-0.15, -0.1) is 24.0 Å². The summed E-state index contributed by atoms with van der Waals surface area (Å²) in [6.45, 7) is 6.22. The molecule has 1 saturated heterocycles. The van der Waals surface area contributed by atoms with Gasteiger partial charge in [0.2, 0.25) is 5.89 Å². The average molecular weight is 535 g/mol. The molecule has 1 atom stereocenters. The Hall–Kier alpha value is -2.33. The Bertz CT molecular complexity index is 921. The fraction of sp³-hybridized carbons (Fsp3) is 0.391. The summed E-state index contributed by atoms with van der Waals surface area (Å²) in [6.07, 6.45) is 5.89. The summed E-state index contributed by atoms with van der Waals surface area (Å²) in [4.78, 5) is 11.7. The summed E-state index contributed by atoms with van der Waals surface area (Å²) in [5.41, 5.74) is 1.76. The van der Waals surface area contributed by atoms with Gasteiger partial charge in [-0.25, -0.2) is 9.98 Å². The number of nitrogens with zero attached hydrogens (tertiary/aromatic N) is 3. The average Bonchev–Trinajstić information content (AvgIpc) is 3.56. The number of guanidine groups is 1. The first-order valence-corrected chi connectivity index (χ1v) is 10.6. The molecule has 4 rings (SSSR count). The summed E-state index contributed by atoms with van der Waals surface area (Å²) in [6, 6.07) is 14.1. The van der Waals surface area contributed by atoms with Crippen LogP contribution in [-0.2, 0) is 6.54 Å². The zero-order valence-electron chi connectivity index (χ0n) is 17.8. The van der Waals surface area contributed by atoms with Crippen LogP contribution in [0.5, 0.6) is 0 Å². The third-order valence-corrected chi connectivity index (χ3v) is 5.23. The van der Waals surface area contributed by atoms with Gasteiger partial charge in [0.1, 0.15) is 17.7 Å². The summed E-state index contributed by atoms with van der Waals surface area (Å²) in [5.74, 6) is 2.37. The molecule has 1 fully saturated rings. The van der Waals surface area contributed by atoms with E-state index in [1.54, 1.807) is 12.5 Å². The first kappa shape index (κ1) is 23.3. The Balaban J connectivity index is 0.00000272. The molecule has 1 aliphatic heterocycles. The lowest BCUT2D eigenvalue weighted by atomic mass is 10.2. The maximum absolute atomic E-state index is 5.71. The lowest BCUT2D eigenvalue weighted by Gasteiger charge is -2.26. The molecule has 7 nitrogen and oxygen atoms in total. The summed E-state index contributed by atoms with van der Waals surface area (Å²) >= 11 is 0. The molecule has 8 heteroatoms. The third kappa shape index (κ3) is 6.33. The van der Waals surface area contributed by atoms with E-state index in [1.165, 1.54) is 12.8 Å². The number of likely N-dealkylation sites (tertiary alicyclic amines) is 1. The number of aromatic nitrogens is 1. The van der Waals surface area contributed by atoms with E-state index in [2.05, 4.69) is 33.5 Å². The maximum Gasteiger partial charge on any atom is 0.226 e. The van der Waals surface area contributed by atoms with E-state index in [-0.39, 0.29) is 30.0 Å². The van der Waals surface area contributed by atoms with Gasteiger partial charge in [0.15, 0.2) is 5.96 Å². The second kappa shape index (κ2) is 11.9. The molecule has 166 valence electrons. The fourth-order valence-corrected chi connectivity index (χ4v) is 3.73. The normalized spacial score (nSPS) is 15.5. The number of aliphatic imine (C=N–C) groups is 1. The standard InChI is InChI=1S/C23H29N5O2.HI/c1-2-24-23(25-15-19-17-30-22(27-19)18-9-4-3-5-10-18)26-16-20(21-11-8-14-29-21)28-12-6-7-13-28;/h3-5,8-11,14,17,20H,2,6-7,12-13,15-16H2,1H3,(H2,24,25,26);1H. The number of oxazole rings is 1. The highest BCUT2D eigenvalue weighted by molar-refractivity contribution is 14.0. The Morgan fingerprint density at radius 3 is 2.61 bits per heavy atom. The zero-order valence-corrected chi connectivity index (χ0v) is 20.1. The van der Waals surface area contributed by atoms with E-state index in [0.29, 0.717) is 12.4 Å². The maximum atomic E-state index is 5.71. The predicted octanol–water partition coefficient (Wildman–Crippen LogP) is 4.44. The molecule has 2 N–H and O–H groups in total. The van der Waals surface area contributed by atoms with Crippen LogP contribution >= 0.6 is 24.0 Å². The van der Waals surface area contributed by atoms with E-state index >= 15 is 0 Å². The van der Waals surface area contributed by atoms with E-state index in [1.807, 2.05) is 36.4 Å². The molecule has 0 aliphatic carbocycles. The Kier molecular flexibility index (Phi) is 8.96. The van der Waals surface area contributed by atoms with Gasteiger partial charge in [-0.1, -0.05) is 18.2 Å². The van der Waals surface area contributed by atoms with Crippen molar-refractivity contribution in [2.75, 3.05) is 26.2 Å². The van der Waals surface area contributed by atoms with Crippen LogP contribution < -0.4 is 10.6 Å². The Morgan fingerprint density at radius 2 is 1.90 bits per heavy atom. The highest BCUT2D eigenvalue weighted by Crippen LogP contribution is 2.25. The topological polar surface area (TPSA) is 78.8 Å². The van der Waals surface area contributed by atoms with Gasteiger partial charge < -0.3 is 19.5 Å². The Morgan fingerprint density at radius 1 is 1.10 bits per heavy atom. The molecular formula is C23H30IN5O2. The summed E-state index contributed by atoms with van der Waals surface area (Å²) < 4.78 is 11.3. The molecule has 0 radical (unpaired) electrons. The minimum absolute atomic E-state index is 0. The monoisotopic (exact) mass is 535 g/mol. The molecule has 2 aromatic heterocycles. The highest BCUT2D eigenvalue weighted by atomic mass is 127. The van der Waals surface area contributed by atoms with Crippen LogP contribution in [-0.4, -0.2) is 42.0 Å². The Labute approximate surface area is 200 Å². The largest absolute Gasteiger partial charge is 0.468 e. The van der Waals surface area contributed by atoms with E-state index in [4.69, 9.17) is 13.8 Å². The van der Waals surface area contributed by atoms with Crippen molar-refractivity contribution < 1.29 is 8.83 Å². The third-order valence-electron chi connectivity index (χ3n) is 5.23. The van der Waals surface area contributed by atoms with Crippen LogP contribution in [0.15, 0.2) is 68.8 Å². The number of hydrogen-bond acceptors (Lipinski definition) is 5. The van der Waals surface area contributed by atoms with E-state index in [9.17, 15) is 0 Å². The van der Waals surface area contributed by atoms with Crippen LogP contribution in [0.4, 0.5) is 0 Å². The van der Waals surface area contributed by atoms with Crippen molar-refractivity contribution in [3.8, 4) is 11.5 Å². The number of halogens is 1. The quantitative estimate of drug-likeness (QED) is 0.252. The molecule has 0 amide bonds. The number of nitrogens with one attached hydrogen (secondary N) is 2. The number of furan rings is 1. The second-order valence-electron chi connectivity index (χ2n) is 7.36. The zero-order chi connectivity index (χ0) is 20.6. The van der Waals surface area contributed by atoms with Crippen molar-refractivity contribution in [3.05, 3.63) is 66.4 Å². The van der Waals surface area contributed by atoms with Crippen molar-refractivity contribution in [2.45, 2.75) is 32.4 Å². The summed E-state index contributed by atoms with van der Waals surface area (Å²) in [5, 5.41) is 6.79. The van der Waals surface area contributed by atoms with E-state index in [0.717, 1.165) is 49.2 Å². The van der Waals surface area contributed by atoms with Gasteiger partial charge in [0.05, 0.1) is 18.8 Å². The first-order valence-electron chi connectivity index (χ1n) is 10.6. The SMILES string of the molecule is CCNC(=NCc1coc(-c2ccccc2)n1)NCC(c1ccco1)N1CCCC1.I. The predicted molar refractivity (Wildman–Crippen MR) is 132 cm³/mol. The van der Waals surface area contributed by atoms with Gasteiger partial charge in [-0.3, -0.25) is 4.90 Å². The van der Waals surface area contributed by atoms with Gasteiger partial charge in [0, 0.05) is 18.7 Å². The van der Waals surface area contributed by atoms with E-state index < -0.39 is 0 Å². The van der Waals surface area contributed by atoms with Crippen LogP contribution in [0.2, 0.25) is 0 Å². The molecule has 0 spiro atoms. The molecule has 3 aromatic rings. The minimum atomic E-state index is 0. The van der Waals surface area contributed by atoms with Gasteiger partial charge in [-0.2, -0.15) is 0 Å². The van der Waals surface area contributed by atoms with Crippen molar-refractivity contribution in [2.24, 2.45) is 4.99 Å². The highest BCUT2D eigenvalue weighted by Gasteiger charge is 2.25. The van der Waals surface area contributed by atoms with Crippen LogP contribution in [0.3, 0.4) is 0 Å². The lowest BCUT2D eigenvalue weighted by molar-refractivity contribution is 0.215. The number of benzene rings is 1. The van der Waals surface area contributed by atoms with Gasteiger partial charge >= 0.3 is 0 Å². The van der Waals surface area contributed by atoms with Crippen LogP contribution in [0, 0.1) is 0 Å². The number of hydrogen-bond donors (Lipinski definition) is 2. The molecule has 3 heterocycles. The molecule has 1 aliphatic rings. The second-order valence-corrected chi connectivity index (χ2v) is 7.36. The lowest BCUT2D eigenvalue weighted by Crippen LogP contribution is -2.42. The molecule has 31 heavy (non-hydrogen) atoms. The summed E-state index contributed by atoms with van der Waals surface area (Å²) in [7, 11) is 0. The molecule has 0 saturated carbocycles. The minimum Gasteiger partial charge on any atom is -0.468 e. The fourth-order valence-electron chi connectivity index (χ4n) is 3.73. The van der Waals surface area contributed by atoms with Crippen molar-refractivity contribution in [1.82, 2.24) is 20.5 Å². The van der Waals surface area contributed by atoms with Crippen molar-refractivity contribution >= 4 is 29.9 Å². The van der Waals surface area contributed by atoms with Crippen molar-refractivity contribution in [3.63, 3.8) is 0 Å². The molecule has 1 unspecified atom stereocenters. The molecule has 1 aromatic carbocycles. The number of rotatable bonds is 8. The van der Waals surface area contributed by atoms with Crippen LogP contribution in [0.25, 0.3) is 11.5 Å². The van der Waals surface area contributed by atoms with Crippen LogP contribution in [0.1, 0.15) is 37.3 Å². The molecular weight excluding hydrogens is 505 g/mol. The smallest absolute Gasteiger partial charge is 0.226 e. The van der Waals surface area contributed by atoms with Gasteiger partial charge in [-0.05, 0) is 57.1 Å². The molecule has 0 bridgehead atoms.